The Kier molecular flexibility index (Phi) is 3.09. The van der Waals surface area contributed by atoms with Crippen molar-refractivity contribution in [1.82, 2.24) is 0 Å². The maximum atomic E-state index is 10.7. The first-order valence-corrected chi connectivity index (χ1v) is 4.15. The van der Waals surface area contributed by atoms with Crippen LogP contribution in [-0.2, 0) is 0 Å². The van der Waals surface area contributed by atoms with Crippen LogP contribution in [0.4, 0.5) is 0 Å². The molecule has 0 spiro atoms. The number of hydrogen-bond donors (Lipinski definition) is 2. The van der Waals surface area contributed by atoms with Crippen LogP contribution >= 0.6 is 0 Å². The van der Waals surface area contributed by atoms with E-state index in [0.717, 1.165) is 0 Å². The fourth-order valence-electron chi connectivity index (χ4n) is 1.10. The molecule has 1 rings (SSSR count). The van der Waals surface area contributed by atoms with E-state index < -0.39 is 12.1 Å². The molecule has 1 aromatic rings. The van der Waals surface area contributed by atoms with Gasteiger partial charge in [-0.05, 0) is 30.7 Å². The van der Waals surface area contributed by atoms with Crippen LogP contribution in [0.25, 0.3) is 0 Å². The highest BCUT2D eigenvalue weighted by Crippen LogP contribution is 2.21. The Labute approximate surface area is 81.8 Å². The Morgan fingerprint density at radius 2 is 2.07 bits per heavy atom. The minimum absolute atomic E-state index is 0.111. The minimum Gasteiger partial charge on any atom is -0.497 e. The van der Waals surface area contributed by atoms with Crippen molar-refractivity contribution in [3.8, 4) is 5.75 Å². The molecule has 0 bridgehead atoms. The van der Waals surface area contributed by atoms with Crippen molar-refractivity contribution >= 4 is 5.97 Å². The molecule has 0 amide bonds. The molecule has 0 radical (unpaired) electrons. The normalized spacial score (nSPS) is 12.2. The van der Waals surface area contributed by atoms with E-state index in [4.69, 9.17) is 9.84 Å². The Morgan fingerprint density at radius 3 is 2.50 bits per heavy atom. The fraction of sp³-hybridized carbons (Fsp3) is 0.300. The van der Waals surface area contributed by atoms with Crippen molar-refractivity contribution in [2.75, 3.05) is 7.11 Å². The summed E-state index contributed by atoms with van der Waals surface area (Å²) >= 11 is 0. The average molecular weight is 196 g/mol. The fourth-order valence-corrected chi connectivity index (χ4v) is 1.10. The molecule has 1 aromatic carbocycles. The molecule has 0 aliphatic rings. The van der Waals surface area contributed by atoms with Crippen LogP contribution in [0, 0.1) is 0 Å². The maximum Gasteiger partial charge on any atom is 0.335 e. The van der Waals surface area contributed by atoms with Crippen LogP contribution in [0.5, 0.6) is 5.75 Å². The standard InChI is InChI=1S/C10H12O4/c1-6(11)7-3-8(10(12)13)5-9(4-7)14-2/h3-6,11H,1-2H3,(H,12,13). The van der Waals surface area contributed by atoms with E-state index in [1.807, 2.05) is 0 Å². The van der Waals surface area contributed by atoms with E-state index in [-0.39, 0.29) is 5.56 Å². The van der Waals surface area contributed by atoms with Crippen LogP contribution < -0.4 is 4.74 Å². The Hall–Kier alpha value is -1.55. The molecule has 1 unspecified atom stereocenters. The van der Waals surface area contributed by atoms with Crippen molar-refractivity contribution in [2.45, 2.75) is 13.0 Å². The third kappa shape index (κ3) is 2.23. The molecule has 0 heterocycles. The quantitative estimate of drug-likeness (QED) is 0.767. The lowest BCUT2D eigenvalue weighted by molar-refractivity contribution is 0.0696. The second kappa shape index (κ2) is 4.11. The largest absolute Gasteiger partial charge is 0.497 e. The first kappa shape index (κ1) is 10.5. The number of carboxylic acid groups (broad SMARTS) is 1. The predicted molar refractivity (Wildman–Crippen MR) is 50.6 cm³/mol. The van der Waals surface area contributed by atoms with Gasteiger partial charge >= 0.3 is 5.97 Å². The molecule has 0 saturated carbocycles. The van der Waals surface area contributed by atoms with E-state index in [0.29, 0.717) is 11.3 Å². The molecular formula is C10H12O4. The van der Waals surface area contributed by atoms with Crippen LogP contribution in [0.15, 0.2) is 18.2 Å². The third-order valence-corrected chi connectivity index (χ3v) is 1.89. The summed E-state index contributed by atoms with van der Waals surface area (Å²) in [5, 5.41) is 18.1. The van der Waals surface area contributed by atoms with Crippen molar-refractivity contribution in [3.63, 3.8) is 0 Å². The monoisotopic (exact) mass is 196 g/mol. The van der Waals surface area contributed by atoms with Gasteiger partial charge in [-0.1, -0.05) is 0 Å². The highest BCUT2D eigenvalue weighted by atomic mass is 16.5. The van der Waals surface area contributed by atoms with E-state index >= 15 is 0 Å². The SMILES string of the molecule is COc1cc(C(=O)O)cc(C(C)O)c1. The number of aliphatic hydroxyl groups excluding tert-OH is 1. The van der Waals surface area contributed by atoms with Crippen LogP contribution in [0.1, 0.15) is 28.9 Å². The van der Waals surface area contributed by atoms with E-state index in [1.165, 1.54) is 19.2 Å². The van der Waals surface area contributed by atoms with Crippen LogP contribution in [-0.4, -0.2) is 23.3 Å². The van der Waals surface area contributed by atoms with Gasteiger partial charge in [0.05, 0.1) is 18.8 Å². The van der Waals surface area contributed by atoms with Crippen molar-refractivity contribution in [3.05, 3.63) is 29.3 Å². The number of hydrogen-bond acceptors (Lipinski definition) is 3. The predicted octanol–water partition coefficient (Wildman–Crippen LogP) is 1.45. The zero-order valence-electron chi connectivity index (χ0n) is 8.02. The first-order chi connectivity index (χ1) is 6.54. The second-order valence-corrected chi connectivity index (χ2v) is 2.98. The Bertz CT molecular complexity index is 344. The van der Waals surface area contributed by atoms with Crippen molar-refractivity contribution in [1.29, 1.82) is 0 Å². The zero-order chi connectivity index (χ0) is 10.7. The molecule has 1 atom stereocenters. The lowest BCUT2D eigenvalue weighted by Crippen LogP contribution is -2.01. The molecule has 0 fully saturated rings. The molecule has 14 heavy (non-hydrogen) atoms. The molecule has 0 aliphatic carbocycles. The van der Waals surface area contributed by atoms with Gasteiger partial charge in [0.2, 0.25) is 0 Å². The average Bonchev–Trinajstić information content (AvgIpc) is 2.16. The maximum absolute atomic E-state index is 10.7. The number of rotatable bonds is 3. The van der Waals surface area contributed by atoms with Gasteiger partial charge in [-0.25, -0.2) is 4.79 Å². The molecule has 4 nitrogen and oxygen atoms in total. The van der Waals surface area contributed by atoms with Crippen LogP contribution in [0.2, 0.25) is 0 Å². The van der Waals surface area contributed by atoms with Crippen molar-refractivity contribution in [2.24, 2.45) is 0 Å². The van der Waals surface area contributed by atoms with Gasteiger partial charge in [0.25, 0.3) is 0 Å². The molecule has 2 N–H and O–H groups in total. The van der Waals surface area contributed by atoms with Gasteiger partial charge in [-0.15, -0.1) is 0 Å². The minimum atomic E-state index is -1.04. The van der Waals surface area contributed by atoms with Gasteiger partial charge in [0.1, 0.15) is 5.75 Å². The Morgan fingerprint density at radius 1 is 1.43 bits per heavy atom. The molecule has 76 valence electrons. The topological polar surface area (TPSA) is 66.8 Å². The number of benzene rings is 1. The van der Waals surface area contributed by atoms with Gasteiger partial charge in [0.15, 0.2) is 0 Å². The number of ether oxygens (including phenoxy) is 1. The summed E-state index contributed by atoms with van der Waals surface area (Å²) in [5.41, 5.74) is 0.641. The smallest absolute Gasteiger partial charge is 0.335 e. The first-order valence-electron chi connectivity index (χ1n) is 4.15. The van der Waals surface area contributed by atoms with Gasteiger partial charge < -0.3 is 14.9 Å². The van der Waals surface area contributed by atoms with Gasteiger partial charge in [-0.3, -0.25) is 0 Å². The number of aliphatic hydroxyl groups is 1. The second-order valence-electron chi connectivity index (χ2n) is 2.98. The summed E-state index contributed by atoms with van der Waals surface area (Å²) in [4.78, 5) is 10.7. The lowest BCUT2D eigenvalue weighted by Gasteiger charge is -2.08. The van der Waals surface area contributed by atoms with Crippen LogP contribution in [0.3, 0.4) is 0 Å². The summed E-state index contributed by atoms with van der Waals surface area (Å²) < 4.78 is 4.92. The van der Waals surface area contributed by atoms with Crippen molar-refractivity contribution < 1.29 is 19.7 Å². The van der Waals surface area contributed by atoms with E-state index in [1.54, 1.807) is 13.0 Å². The number of methoxy groups -OCH3 is 1. The van der Waals surface area contributed by atoms with E-state index in [9.17, 15) is 9.90 Å². The Balaban J connectivity index is 3.20. The summed E-state index contributed by atoms with van der Waals surface area (Å²) in [6, 6.07) is 4.45. The molecular weight excluding hydrogens is 184 g/mol. The summed E-state index contributed by atoms with van der Waals surface area (Å²) in [6.07, 6.45) is -0.705. The molecule has 0 aliphatic heterocycles. The highest BCUT2D eigenvalue weighted by molar-refractivity contribution is 5.88. The number of carboxylic acids is 1. The highest BCUT2D eigenvalue weighted by Gasteiger charge is 2.09. The molecule has 0 aromatic heterocycles. The van der Waals surface area contributed by atoms with Gasteiger partial charge in [0, 0.05) is 0 Å². The molecule has 0 saturated heterocycles. The summed E-state index contributed by atoms with van der Waals surface area (Å²) in [6.45, 7) is 1.57. The summed E-state index contributed by atoms with van der Waals surface area (Å²) in [5.74, 6) is -0.605. The number of aromatic carboxylic acids is 1. The summed E-state index contributed by atoms with van der Waals surface area (Å²) in [7, 11) is 1.45. The third-order valence-electron chi connectivity index (χ3n) is 1.89. The molecule has 4 heteroatoms. The van der Waals surface area contributed by atoms with Gasteiger partial charge in [-0.2, -0.15) is 0 Å². The number of carbonyl (C=O) groups is 1. The zero-order valence-corrected chi connectivity index (χ0v) is 8.02. The lowest BCUT2D eigenvalue weighted by atomic mass is 10.1. The van der Waals surface area contributed by atoms with E-state index in [2.05, 4.69) is 0 Å².